The second-order valence-corrected chi connectivity index (χ2v) is 26.5. The Bertz CT molecular complexity index is 1010. The molecule has 3 rings (SSSR count). The van der Waals surface area contributed by atoms with Crippen molar-refractivity contribution in [3.8, 4) is 0 Å². The van der Waals surface area contributed by atoms with Crippen LogP contribution in [0.3, 0.4) is 0 Å². The van der Waals surface area contributed by atoms with Crippen molar-refractivity contribution in [1.82, 2.24) is 0 Å². The average molecular weight is 640 g/mol. The Morgan fingerprint density at radius 1 is 0.949 bits per heavy atom. The van der Waals surface area contributed by atoms with Crippen LogP contribution in [-0.2, 0) is 13.6 Å². The number of rotatable bonds is 8. The Morgan fingerprint density at radius 2 is 1.49 bits per heavy atom. The van der Waals surface area contributed by atoms with Gasteiger partial charge in [0.05, 0.1) is 5.56 Å². The van der Waals surface area contributed by atoms with Crippen molar-refractivity contribution in [2.24, 2.45) is 22.7 Å². The van der Waals surface area contributed by atoms with E-state index in [0.717, 1.165) is 30.3 Å². The summed E-state index contributed by atoms with van der Waals surface area (Å²) in [5.74, 6) is 0.585. The van der Waals surface area contributed by atoms with Gasteiger partial charge in [-0.15, -0.1) is 0 Å². The van der Waals surface area contributed by atoms with Crippen LogP contribution >= 0.6 is 15.9 Å². The van der Waals surface area contributed by atoms with Crippen LogP contribution in [-0.4, -0.2) is 41.9 Å². The highest BCUT2D eigenvalue weighted by Gasteiger charge is 2.60. The molecule has 0 bridgehead atoms. The highest BCUT2D eigenvalue weighted by atomic mass is 79.9. The van der Waals surface area contributed by atoms with E-state index in [1.807, 2.05) is 24.3 Å². The average Bonchev–Trinajstić information content (AvgIpc) is 3.19. The van der Waals surface area contributed by atoms with Crippen LogP contribution in [0, 0.1) is 22.7 Å². The normalized spacial score (nSPS) is 30.2. The summed E-state index contributed by atoms with van der Waals surface area (Å²) in [6, 6.07) is 7.50. The van der Waals surface area contributed by atoms with Crippen molar-refractivity contribution < 1.29 is 18.4 Å². The predicted octanol–water partition coefficient (Wildman–Crippen LogP) is 9.85. The van der Waals surface area contributed by atoms with Gasteiger partial charge in [-0.05, 0) is 97.0 Å². The summed E-state index contributed by atoms with van der Waals surface area (Å²) in [5.41, 5.74) is 0.416. The van der Waals surface area contributed by atoms with Gasteiger partial charge in [-0.2, -0.15) is 0 Å². The van der Waals surface area contributed by atoms with Gasteiger partial charge in [-0.1, -0.05) is 77.7 Å². The van der Waals surface area contributed by atoms with Gasteiger partial charge in [-0.25, -0.2) is 4.79 Å². The maximum Gasteiger partial charge on any atom is 0.338 e. The molecule has 222 valence electrons. The number of ether oxygens (including phenoxy) is 1. The van der Waals surface area contributed by atoms with Crippen molar-refractivity contribution in [2.75, 3.05) is 13.2 Å². The van der Waals surface area contributed by atoms with Crippen LogP contribution in [0.5, 0.6) is 0 Å². The number of hydrogen-bond acceptors (Lipinski definition) is 4. The zero-order chi connectivity index (χ0) is 29.7. The SMILES string of the molecule is CC(C)(C)[Si](C)(C)OC[C@H]1[C@H]2CCC[C@@]2(C)[C@@H](OC(=O)c2ccc(Br)cc2)C[C@@]1(C)CO[Si](C)(C)C(C)(C)C. The van der Waals surface area contributed by atoms with Gasteiger partial charge < -0.3 is 13.6 Å². The second kappa shape index (κ2) is 11.3. The summed E-state index contributed by atoms with van der Waals surface area (Å²) in [4.78, 5) is 13.4. The molecule has 1 aromatic rings. The molecule has 7 heteroatoms. The highest BCUT2D eigenvalue weighted by Crippen LogP contribution is 2.61. The first-order valence-corrected chi connectivity index (χ1v) is 21.5. The molecular formula is C32H55BrO4Si2. The molecule has 0 aromatic heterocycles. The highest BCUT2D eigenvalue weighted by molar-refractivity contribution is 9.10. The van der Waals surface area contributed by atoms with E-state index in [1.165, 1.54) is 6.42 Å². The lowest BCUT2D eigenvalue weighted by Gasteiger charge is -2.56. The Labute approximate surface area is 249 Å². The summed E-state index contributed by atoms with van der Waals surface area (Å²) in [5, 5.41) is 0.303. The number of carbonyl (C=O) groups is 1. The van der Waals surface area contributed by atoms with Crippen molar-refractivity contribution in [3.63, 3.8) is 0 Å². The molecule has 2 aliphatic carbocycles. The predicted molar refractivity (Wildman–Crippen MR) is 171 cm³/mol. The molecule has 2 fully saturated rings. The smallest absolute Gasteiger partial charge is 0.338 e. The molecule has 0 N–H and O–H groups in total. The molecule has 2 aliphatic rings. The number of fused-ring (bicyclic) bond motifs is 1. The first-order chi connectivity index (χ1) is 17.6. The Kier molecular flexibility index (Phi) is 9.58. The zero-order valence-corrected chi connectivity index (χ0v) is 30.4. The zero-order valence-electron chi connectivity index (χ0n) is 26.8. The molecule has 0 amide bonds. The molecule has 0 heterocycles. The molecule has 0 aliphatic heterocycles. The minimum absolute atomic E-state index is 0.0526. The van der Waals surface area contributed by atoms with E-state index in [-0.39, 0.29) is 33.0 Å². The third-order valence-corrected chi connectivity index (χ3v) is 20.7. The number of esters is 1. The quantitative estimate of drug-likeness (QED) is 0.210. The lowest BCUT2D eigenvalue weighted by molar-refractivity contribution is -0.141. The van der Waals surface area contributed by atoms with E-state index in [0.29, 0.717) is 24.0 Å². The molecule has 39 heavy (non-hydrogen) atoms. The van der Waals surface area contributed by atoms with Gasteiger partial charge in [0.1, 0.15) is 6.10 Å². The number of hydrogen-bond donors (Lipinski definition) is 0. The molecule has 4 nitrogen and oxygen atoms in total. The molecule has 5 atom stereocenters. The lowest BCUT2D eigenvalue weighted by atomic mass is 9.53. The number of benzene rings is 1. The molecular weight excluding hydrogens is 584 g/mol. The summed E-state index contributed by atoms with van der Waals surface area (Å²) >= 11 is 3.48. The van der Waals surface area contributed by atoms with Crippen molar-refractivity contribution in [2.45, 2.75) is 123 Å². The van der Waals surface area contributed by atoms with E-state index in [9.17, 15) is 4.79 Å². The number of carbonyl (C=O) groups excluding carboxylic acids is 1. The van der Waals surface area contributed by atoms with Gasteiger partial charge in [-0.3, -0.25) is 0 Å². The molecule has 0 spiro atoms. The third kappa shape index (κ3) is 6.95. The van der Waals surface area contributed by atoms with Gasteiger partial charge >= 0.3 is 5.97 Å². The van der Waals surface area contributed by atoms with E-state index >= 15 is 0 Å². The fourth-order valence-corrected chi connectivity index (χ4v) is 8.51. The lowest BCUT2D eigenvalue weighted by Crippen LogP contribution is -2.58. The summed E-state index contributed by atoms with van der Waals surface area (Å²) in [6.07, 6.45) is 4.08. The van der Waals surface area contributed by atoms with Gasteiger partial charge in [0.25, 0.3) is 0 Å². The first-order valence-electron chi connectivity index (χ1n) is 14.9. The van der Waals surface area contributed by atoms with Crippen molar-refractivity contribution in [1.29, 1.82) is 0 Å². The number of halogens is 1. The van der Waals surface area contributed by atoms with Crippen LogP contribution in [0.25, 0.3) is 0 Å². The fraction of sp³-hybridized carbons (Fsp3) is 0.781. The van der Waals surface area contributed by atoms with Gasteiger partial charge in [0.15, 0.2) is 16.6 Å². The standard InChI is InChI=1S/C32H55BrO4Si2/c1-29(2,3)38(9,10)35-21-26-25-14-13-19-32(25,8)27(37-28(34)23-15-17-24(33)18-16-23)20-31(26,7)22-36-39(11,12)30(4,5)6/h15-18,25-27H,13-14,19-22H2,1-12H3/t25-,26+,27+,31+,32-/m1/s1. The van der Waals surface area contributed by atoms with Crippen LogP contribution < -0.4 is 0 Å². The van der Waals surface area contributed by atoms with E-state index in [1.54, 1.807) is 0 Å². The monoisotopic (exact) mass is 638 g/mol. The van der Waals surface area contributed by atoms with E-state index < -0.39 is 16.6 Å². The maximum atomic E-state index is 13.4. The van der Waals surface area contributed by atoms with Crippen molar-refractivity contribution in [3.05, 3.63) is 34.3 Å². The third-order valence-electron chi connectivity index (χ3n) is 11.2. The minimum Gasteiger partial charge on any atom is -0.458 e. The van der Waals surface area contributed by atoms with Gasteiger partial charge in [0.2, 0.25) is 0 Å². The van der Waals surface area contributed by atoms with Crippen molar-refractivity contribution >= 4 is 38.5 Å². The molecule has 0 saturated heterocycles. The molecule has 1 aromatic carbocycles. The largest absolute Gasteiger partial charge is 0.458 e. The Morgan fingerprint density at radius 3 is 2.03 bits per heavy atom. The summed E-state index contributed by atoms with van der Waals surface area (Å²) in [6.45, 7) is 29.5. The van der Waals surface area contributed by atoms with Crippen LogP contribution in [0.1, 0.15) is 91.4 Å². The van der Waals surface area contributed by atoms with E-state index in [4.69, 9.17) is 13.6 Å². The summed E-state index contributed by atoms with van der Waals surface area (Å²) < 4.78 is 21.3. The fourth-order valence-electron chi connectivity index (χ4n) is 6.09. The second-order valence-electron chi connectivity index (χ2n) is 16.0. The molecule has 0 radical (unpaired) electrons. The minimum atomic E-state index is -1.96. The first kappa shape index (κ1) is 33.0. The Balaban J connectivity index is 1.96. The van der Waals surface area contributed by atoms with Gasteiger partial charge in [0, 0.05) is 23.1 Å². The molecule has 2 saturated carbocycles. The molecule has 0 unspecified atom stereocenters. The summed E-state index contributed by atoms with van der Waals surface area (Å²) in [7, 11) is -3.89. The van der Waals surface area contributed by atoms with Crippen LogP contribution in [0.4, 0.5) is 0 Å². The van der Waals surface area contributed by atoms with Crippen LogP contribution in [0.15, 0.2) is 28.7 Å². The topological polar surface area (TPSA) is 44.8 Å². The Hall–Kier alpha value is -0.476. The van der Waals surface area contributed by atoms with E-state index in [2.05, 4.69) is 97.5 Å². The van der Waals surface area contributed by atoms with Crippen LogP contribution in [0.2, 0.25) is 36.3 Å². The maximum absolute atomic E-state index is 13.4.